The van der Waals surface area contributed by atoms with Gasteiger partial charge in [-0.15, -0.1) is 0 Å². The van der Waals surface area contributed by atoms with Crippen LogP contribution in [-0.2, 0) is 13.0 Å². The van der Waals surface area contributed by atoms with Gasteiger partial charge >= 0.3 is 0 Å². The Morgan fingerprint density at radius 1 is 1.28 bits per heavy atom. The monoisotopic (exact) mass is 353 g/mol. The lowest BCUT2D eigenvalue weighted by Crippen LogP contribution is -2.31. The molecule has 0 bridgehead atoms. The molecule has 0 unspecified atom stereocenters. The molecule has 0 aliphatic carbocycles. The van der Waals surface area contributed by atoms with Crippen LogP contribution >= 0.6 is 22.6 Å². The summed E-state index contributed by atoms with van der Waals surface area (Å²) in [5, 5.41) is 9.80. The van der Waals surface area contributed by atoms with Gasteiger partial charge in [-0.3, -0.25) is 0 Å². The molecule has 5 heteroatoms. The van der Waals surface area contributed by atoms with Gasteiger partial charge in [-0.05, 0) is 40.8 Å². The van der Waals surface area contributed by atoms with Gasteiger partial charge in [-0.25, -0.2) is 9.97 Å². The standard InChI is InChI=1S/C13H12IN3O/c14-9-2-1-3-10(6-9)17-5-4-12-11(7-17)13(18)16-8-15-12/h1-3,6,8H,4-5,7H2,(H,15,16,18). The van der Waals surface area contributed by atoms with E-state index in [1.165, 1.54) is 15.6 Å². The van der Waals surface area contributed by atoms with E-state index in [4.69, 9.17) is 0 Å². The van der Waals surface area contributed by atoms with Crippen molar-refractivity contribution >= 4 is 28.3 Å². The van der Waals surface area contributed by atoms with E-state index in [2.05, 4.69) is 55.7 Å². The van der Waals surface area contributed by atoms with Gasteiger partial charge in [0.1, 0.15) is 6.33 Å². The molecule has 0 spiro atoms. The van der Waals surface area contributed by atoms with Gasteiger partial charge in [0, 0.05) is 22.2 Å². The van der Waals surface area contributed by atoms with Crippen molar-refractivity contribution in [2.75, 3.05) is 11.4 Å². The van der Waals surface area contributed by atoms with E-state index in [-0.39, 0.29) is 5.88 Å². The molecule has 92 valence electrons. The number of benzene rings is 1. The van der Waals surface area contributed by atoms with Crippen molar-refractivity contribution in [3.05, 3.63) is 45.4 Å². The summed E-state index contributed by atoms with van der Waals surface area (Å²) in [6, 6.07) is 8.36. The Bertz CT molecular complexity index is 588. The molecule has 2 aromatic rings. The summed E-state index contributed by atoms with van der Waals surface area (Å²) >= 11 is 2.31. The highest BCUT2D eigenvalue weighted by molar-refractivity contribution is 14.1. The van der Waals surface area contributed by atoms with Crippen LogP contribution in [0.15, 0.2) is 30.6 Å². The number of halogens is 1. The Kier molecular flexibility index (Phi) is 3.07. The number of anilines is 1. The molecule has 0 radical (unpaired) electrons. The number of hydrogen-bond donors (Lipinski definition) is 1. The second-order valence-electron chi connectivity index (χ2n) is 4.27. The van der Waals surface area contributed by atoms with E-state index in [1.54, 1.807) is 0 Å². The van der Waals surface area contributed by atoms with E-state index in [0.717, 1.165) is 24.2 Å². The number of rotatable bonds is 1. The van der Waals surface area contributed by atoms with Crippen LogP contribution in [-0.4, -0.2) is 21.6 Å². The summed E-state index contributed by atoms with van der Waals surface area (Å²) < 4.78 is 1.21. The van der Waals surface area contributed by atoms with Crippen LogP contribution in [0, 0.1) is 3.57 Å². The van der Waals surface area contributed by atoms with Crippen LogP contribution in [0.25, 0.3) is 0 Å². The van der Waals surface area contributed by atoms with Crippen molar-refractivity contribution in [3.63, 3.8) is 0 Å². The fraction of sp³-hybridized carbons (Fsp3) is 0.231. The predicted molar refractivity (Wildman–Crippen MR) is 77.6 cm³/mol. The molecule has 1 aromatic carbocycles. The van der Waals surface area contributed by atoms with Gasteiger partial charge in [-0.2, -0.15) is 0 Å². The minimum Gasteiger partial charge on any atom is -0.493 e. The van der Waals surface area contributed by atoms with Gasteiger partial charge in [0.25, 0.3) is 0 Å². The van der Waals surface area contributed by atoms with Crippen LogP contribution < -0.4 is 4.90 Å². The smallest absolute Gasteiger partial charge is 0.219 e. The zero-order valence-electron chi connectivity index (χ0n) is 9.67. The second kappa shape index (κ2) is 4.72. The molecule has 2 heterocycles. The highest BCUT2D eigenvalue weighted by atomic mass is 127. The fourth-order valence-electron chi connectivity index (χ4n) is 2.22. The topological polar surface area (TPSA) is 49.3 Å². The molecule has 1 aromatic heterocycles. The van der Waals surface area contributed by atoms with E-state index in [9.17, 15) is 5.11 Å². The number of aromatic hydroxyl groups is 1. The molecule has 1 aliphatic rings. The average Bonchev–Trinajstić information content (AvgIpc) is 2.39. The van der Waals surface area contributed by atoms with Crippen LogP contribution in [0.3, 0.4) is 0 Å². The van der Waals surface area contributed by atoms with Crippen molar-refractivity contribution in [3.8, 4) is 5.88 Å². The van der Waals surface area contributed by atoms with Crippen LogP contribution in [0.1, 0.15) is 11.3 Å². The summed E-state index contributed by atoms with van der Waals surface area (Å²) in [5.74, 6) is 0.107. The van der Waals surface area contributed by atoms with Crippen molar-refractivity contribution in [1.82, 2.24) is 9.97 Å². The molecule has 0 amide bonds. The summed E-state index contributed by atoms with van der Waals surface area (Å²) in [4.78, 5) is 10.3. The Morgan fingerprint density at radius 3 is 3.00 bits per heavy atom. The summed E-state index contributed by atoms with van der Waals surface area (Å²) in [6.45, 7) is 1.59. The highest BCUT2D eigenvalue weighted by Crippen LogP contribution is 2.27. The summed E-state index contributed by atoms with van der Waals surface area (Å²) in [6.07, 6.45) is 2.27. The minimum absolute atomic E-state index is 0.107. The summed E-state index contributed by atoms with van der Waals surface area (Å²) in [5.41, 5.74) is 2.99. The number of nitrogens with zero attached hydrogens (tertiary/aromatic N) is 3. The van der Waals surface area contributed by atoms with Crippen molar-refractivity contribution < 1.29 is 5.11 Å². The van der Waals surface area contributed by atoms with Crippen molar-refractivity contribution in [2.45, 2.75) is 13.0 Å². The second-order valence-corrected chi connectivity index (χ2v) is 5.52. The lowest BCUT2D eigenvalue weighted by atomic mass is 10.1. The highest BCUT2D eigenvalue weighted by Gasteiger charge is 2.21. The van der Waals surface area contributed by atoms with Crippen molar-refractivity contribution in [1.29, 1.82) is 0 Å². The Labute approximate surface area is 119 Å². The maximum absolute atomic E-state index is 9.80. The van der Waals surface area contributed by atoms with E-state index >= 15 is 0 Å². The number of aromatic nitrogens is 2. The zero-order valence-corrected chi connectivity index (χ0v) is 11.8. The lowest BCUT2D eigenvalue weighted by molar-refractivity contribution is 0.438. The third-order valence-electron chi connectivity index (χ3n) is 3.15. The fourth-order valence-corrected chi connectivity index (χ4v) is 2.75. The van der Waals surface area contributed by atoms with E-state index in [1.807, 2.05) is 6.07 Å². The number of fused-ring (bicyclic) bond motifs is 1. The normalized spacial score (nSPS) is 14.4. The average molecular weight is 353 g/mol. The first-order valence-corrected chi connectivity index (χ1v) is 6.84. The molecule has 1 aliphatic heterocycles. The molecule has 3 rings (SSSR count). The van der Waals surface area contributed by atoms with Crippen LogP contribution in [0.2, 0.25) is 0 Å². The number of hydrogen-bond acceptors (Lipinski definition) is 4. The molecule has 0 fully saturated rings. The molecule has 0 saturated carbocycles. The largest absolute Gasteiger partial charge is 0.493 e. The molecule has 0 atom stereocenters. The Balaban J connectivity index is 1.93. The molecular weight excluding hydrogens is 341 g/mol. The molecule has 0 saturated heterocycles. The first kappa shape index (κ1) is 11.7. The first-order chi connectivity index (χ1) is 8.74. The van der Waals surface area contributed by atoms with Crippen LogP contribution in [0.4, 0.5) is 5.69 Å². The lowest BCUT2D eigenvalue weighted by Gasteiger charge is -2.30. The molecular formula is C13H12IN3O. The van der Waals surface area contributed by atoms with Gasteiger partial charge in [0.05, 0.1) is 17.8 Å². The molecule has 4 nitrogen and oxygen atoms in total. The van der Waals surface area contributed by atoms with Gasteiger partial charge in [0.15, 0.2) is 0 Å². The van der Waals surface area contributed by atoms with E-state index in [0.29, 0.717) is 6.54 Å². The SMILES string of the molecule is Oc1ncnc2c1CN(c1cccc(I)c1)CC2. The van der Waals surface area contributed by atoms with Gasteiger partial charge in [-0.1, -0.05) is 6.07 Å². The first-order valence-electron chi connectivity index (χ1n) is 5.76. The molecule has 1 N–H and O–H groups in total. The summed E-state index contributed by atoms with van der Waals surface area (Å²) in [7, 11) is 0. The Morgan fingerprint density at radius 2 is 2.17 bits per heavy atom. The van der Waals surface area contributed by atoms with Crippen molar-refractivity contribution in [2.24, 2.45) is 0 Å². The minimum atomic E-state index is 0.107. The quantitative estimate of drug-likeness (QED) is 0.800. The maximum Gasteiger partial charge on any atom is 0.219 e. The maximum atomic E-state index is 9.80. The van der Waals surface area contributed by atoms with E-state index < -0.39 is 0 Å². The third-order valence-corrected chi connectivity index (χ3v) is 3.82. The van der Waals surface area contributed by atoms with Gasteiger partial charge < -0.3 is 10.0 Å². The third kappa shape index (κ3) is 2.14. The zero-order chi connectivity index (χ0) is 12.5. The van der Waals surface area contributed by atoms with Gasteiger partial charge in [0.2, 0.25) is 5.88 Å². The predicted octanol–water partition coefficient (Wildman–Crippen LogP) is 2.35. The Hall–Kier alpha value is -1.37. The van der Waals surface area contributed by atoms with Crippen LogP contribution in [0.5, 0.6) is 5.88 Å². The molecule has 18 heavy (non-hydrogen) atoms.